The lowest BCUT2D eigenvalue weighted by atomic mass is 10.1. The Balaban J connectivity index is 2.62. The van der Waals surface area contributed by atoms with Gasteiger partial charge in [-0.25, -0.2) is 0 Å². The summed E-state index contributed by atoms with van der Waals surface area (Å²) in [5.74, 6) is 0.0145. The van der Waals surface area contributed by atoms with Gasteiger partial charge in [0.05, 0.1) is 6.10 Å². The number of aliphatic hydroxyl groups is 1. The van der Waals surface area contributed by atoms with Crippen LogP contribution in [-0.4, -0.2) is 22.3 Å². The summed E-state index contributed by atoms with van der Waals surface area (Å²) in [5, 5.41) is 22.5. The Labute approximate surface area is 90.8 Å². The summed E-state index contributed by atoms with van der Waals surface area (Å²) >= 11 is 0. The normalized spacial score (nSPS) is 13.9. The molecule has 15 heavy (non-hydrogen) atoms. The van der Waals surface area contributed by atoms with Crippen LogP contribution in [-0.2, 0) is 0 Å². The van der Waals surface area contributed by atoms with Gasteiger partial charge in [-0.3, -0.25) is 0 Å². The van der Waals surface area contributed by atoms with Crippen LogP contribution in [0.15, 0.2) is 18.2 Å². The number of hydrogen-bond acceptors (Lipinski definition) is 3. The molecule has 1 radical (unpaired) electrons. The predicted molar refractivity (Wildman–Crippen MR) is 59.7 cm³/mol. The van der Waals surface area contributed by atoms with Crippen molar-refractivity contribution in [1.82, 2.24) is 5.32 Å². The predicted octanol–water partition coefficient (Wildman–Crippen LogP) is 1.61. The molecule has 0 fully saturated rings. The summed E-state index contributed by atoms with van der Waals surface area (Å²) in [6, 6.07) is 7.70. The van der Waals surface area contributed by atoms with E-state index in [9.17, 15) is 10.2 Å². The molecule has 0 saturated heterocycles. The zero-order valence-corrected chi connectivity index (χ0v) is 9.41. The lowest BCUT2D eigenvalue weighted by molar-refractivity contribution is 0.160. The minimum absolute atomic E-state index is 0.0145. The van der Waals surface area contributed by atoms with Crippen LogP contribution in [0.1, 0.15) is 32.4 Å². The Morgan fingerprint density at radius 2 is 2.13 bits per heavy atom. The van der Waals surface area contributed by atoms with Crippen LogP contribution in [0, 0.1) is 6.07 Å². The number of β-amino-alcohol motifs (C(OH)–C–C–N with tert-alkyl or cyclic N) is 1. The number of phenolic OH excluding ortho intramolecular Hbond substituents is 1. The molecule has 3 N–H and O–H groups in total. The third-order valence-electron chi connectivity index (χ3n) is 2.05. The average molecular weight is 208 g/mol. The minimum Gasteiger partial charge on any atom is -0.507 e. The van der Waals surface area contributed by atoms with E-state index in [2.05, 4.69) is 11.4 Å². The smallest absolute Gasteiger partial charge is 0.129 e. The Hall–Kier alpha value is -1.06. The van der Waals surface area contributed by atoms with Gasteiger partial charge in [-0.2, -0.15) is 0 Å². The lowest BCUT2D eigenvalue weighted by Crippen LogP contribution is -2.38. The van der Waals surface area contributed by atoms with Gasteiger partial charge in [-0.15, -0.1) is 0 Å². The van der Waals surface area contributed by atoms with Gasteiger partial charge in [0, 0.05) is 23.7 Å². The number of hydrogen-bond donors (Lipinski definition) is 3. The second kappa shape index (κ2) is 4.64. The van der Waals surface area contributed by atoms with Crippen LogP contribution in [0.3, 0.4) is 0 Å². The molecular weight excluding hydrogens is 190 g/mol. The number of aliphatic hydroxyl groups excluding tert-OH is 1. The number of para-hydroxylation sites is 1. The average Bonchev–Trinajstić information content (AvgIpc) is 2.14. The zero-order chi connectivity index (χ0) is 11.5. The van der Waals surface area contributed by atoms with Crippen molar-refractivity contribution >= 4 is 0 Å². The fourth-order valence-electron chi connectivity index (χ4n) is 1.22. The molecule has 83 valence electrons. The van der Waals surface area contributed by atoms with E-state index in [0.717, 1.165) is 0 Å². The van der Waals surface area contributed by atoms with E-state index in [1.165, 1.54) is 0 Å². The molecule has 0 aliphatic rings. The van der Waals surface area contributed by atoms with Gasteiger partial charge in [0.15, 0.2) is 0 Å². The first kappa shape index (κ1) is 12.0. The van der Waals surface area contributed by atoms with Gasteiger partial charge in [0.25, 0.3) is 0 Å². The molecule has 1 aromatic carbocycles. The van der Waals surface area contributed by atoms with Gasteiger partial charge in [-0.05, 0) is 20.8 Å². The number of nitrogens with one attached hydrogen (secondary N) is 1. The molecule has 0 saturated carbocycles. The van der Waals surface area contributed by atoms with Gasteiger partial charge >= 0.3 is 0 Å². The highest BCUT2D eigenvalue weighted by atomic mass is 16.3. The highest BCUT2D eigenvalue weighted by Gasteiger charge is 2.15. The second-order valence-corrected chi connectivity index (χ2v) is 4.62. The molecule has 0 aliphatic carbocycles. The quantitative estimate of drug-likeness (QED) is 0.707. The molecule has 1 unspecified atom stereocenters. The van der Waals surface area contributed by atoms with Gasteiger partial charge < -0.3 is 15.5 Å². The van der Waals surface area contributed by atoms with E-state index in [1.54, 1.807) is 18.2 Å². The molecule has 0 aliphatic heterocycles. The van der Waals surface area contributed by atoms with Crippen LogP contribution < -0.4 is 5.32 Å². The van der Waals surface area contributed by atoms with Crippen molar-refractivity contribution in [3.05, 3.63) is 29.8 Å². The highest BCUT2D eigenvalue weighted by Crippen LogP contribution is 2.22. The topological polar surface area (TPSA) is 52.5 Å². The van der Waals surface area contributed by atoms with Crippen LogP contribution >= 0.6 is 0 Å². The third kappa shape index (κ3) is 3.90. The monoisotopic (exact) mass is 208 g/mol. The minimum atomic E-state index is -0.707. The lowest BCUT2D eigenvalue weighted by Gasteiger charge is -2.23. The molecule has 0 heterocycles. The molecule has 0 amide bonds. The van der Waals surface area contributed by atoms with E-state index in [-0.39, 0.29) is 11.3 Å². The van der Waals surface area contributed by atoms with Crippen molar-refractivity contribution in [3.8, 4) is 5.75 Å². The summed E-state index contributed by atoms with van der Waals surface area (Å²) in [7, 11) is 0. The van der Waals surface area contributed by atoms with Crippen molar-refractivity contribution in [3.63, 3.8) is 0 Å². The van der Waals surface area contributed by atoms with Crippen molar-refractivity contribution < 1.29 is 10.2 Å². The molecule has 1 atom stereocenters. The van der Waals surface area contributed by atoms with Gasteiger partial charge in [0.1, 0.15) is 5.75 Å². The molecule has 3 nitrogen and oxygen atoms in total. The molecule has 1 rings (SSSR count). The van der Waals surface area contributed by atoms with Gasteiger partial charge in [0.2, 0.25) is 0 Å². The molecule has 0 spiro atoms. The third-order valence-corrected chi connectivity index (χ3v) is 2.05. The molecule has 0 bridgehead atoms. The van der Waals surface area contributed by atoms with Crippen LogP contribution in [0.5, 0.6) is 5.75 Å². The van der Waals surface area contributed by atoms with Crippen molar-refractivity contribution in [1.29, 1.82) is 0 Å². The van der Waals surface area contributed by atoms with Crippen LogP contribution in [0.4, 0.5) is 0 Å². The fourth-order valence-corrected chi connectivity index (χ4v) is 1.22. The highest BCUT2D eigenvalue weighted by molar-refractivity contribution is 5.32. The number of rotatable bonds is 3. The van der Waals surface area contributed by atoms with Crippen molar-refractivity contribution in [2.45, 2.75) is 32.4 Å². The van der Waals surface area contributed by atoms with Crippen molar-refractivity contribution in [2.75, 3.05) is 6.54 Å². The fraction of sp³-hybridized carbons (Fsp3) is 0.500. The van der Waals surface area contributed by atoms with E-state index in [0.29, 0.717) is 12.1 Å². The maximum atomic E-state index is 9.82. The maximum Gasteiger partial charge on any atom is 0.129 e. The number of phenols is 1. The summed E-state index contributed by atoms with van der Waals surface area (Å²) in [6.45, 7) is 6.49. The molecular formula is C12H18NO2. The standard InChI is InChI=1S/C12H18NO2/c1-12(2,3)13-8-11(15)9-6-4-5-7-10(9)14/h4-6,11,13-15H,8H2,1-3H3. The van der Waals surface area contributed by atoms with E-state index in [4.69, 9.17) is 0 Å². The Morgan fingerprint density at radius 3 is 2.67 bits per heavy atom. The van der Waals surface area contributed by atoms with Gasteiger partial charge in [-0.1, -0.05) is 18.2 Å². The molecule has 3 heteroatoms. The second-order valence-electron chi connectivity index (χ2n) is 4.62. The number of benzene rings is 1. The zero-order valence-electron chi connectivity index (χ0n) is 9.41. The van der Waals surface area contributed by atoms with E-state index >= 15 is 0 Å². The van der Waals surface area contributed by atoms with Crippen LogP contribution in [0.25, 0.3) is 0 Å². The number of aromatic hydroxyl groups is 1. The molecule has 1 aromatic rings. The summed E-state index contributed by atoms with van der Waals surface area (Å²) in [4.78, 5) is 0. The molecule has 0 aromatic heterocycles. The summed E-state index contributed by atoms with van der Waals surface area (Å²) < 4.78 is 0. The summed E-state index contributed by atoms with van der Waals surface area (Å²) in [5.41, 5.74) is 0.462. The largest absolute Gasteiger partial charge is 0.507 e. The Bertz CT molecular complexity index is 318. The maximum absolute atomic E-state index is 9.82. The Morgan fingerprint density at radius 1 is 1.47 bits per heavy atom. The first-order chi connectivity index (χ1) is 6.90. The van der Waals surface area contributed by atoms with E-state index < -0.39 is 6.10 Å². The van der Waals surface area contributed by atoms with E-state index in [1.807, 2.05) is 20.8 Å². The Kier molecular flexibility index (Phi) is 3.72. The van der Waals surface area contributed by atoms with Crippen LogP contribution in [0.2, 0.25) is 0 Å². The first-order valence-corrected chi connectivity index (χ1v) is 5.03. The SMILES string of the molecule is CC(C)(C)NCC(O)c1ccc[c]c1O. The summed E-state index contributed by atoms with van der Waals surface area (Å²) in [6.07, 6.45) is -0.707. The van der Waals surface area contributed by atoms with Crippen molar-refractivity contribution in [2.24, 2.45) is 0 Å². The first-order valence-electron chi connectivity index (χ1n) is 5.03.